The van der Waals surface area contributed by atoms with Gasteiger partial charge in [-0.2, -0.15) is 0 Å². The number of rotatable bonds is 2. The first-order valence-electron chi connectivity index (χ1n) is 7.19. The van der Waals surface area contributed by atoms with E-state index in [0.29, 0.717) is 6.04 Å². The maximum Gasteiger partial charge on any atom is 0.151 e. The van der Waals surface area contributed by atoms with Crippen molar-refractivity contribution in [3.05, 3.63) is 42.0 Å². The van der Waals surface area contributed by atoms with Crippen LogP contribution in [-0.4, -0.2) is 35.9 Å². The summed E-state index contributed by atoms with van der Waals surface area (Å²) in [6, 6.07) is 13.2. The number of nitrogens with one attached hydrogen (secondary N) is 1. The van der Waals surface area contributed by atoms with Crippen LogP contribution in [0.1, 0.15) is 5.56 Å². The lowest BCUT2D eigenvalue weighted by atomic mass is 9.96. The Kier molecular flexibility index (Phi) is 2.70. The van der Waals surface area contributed by atoms with E-state index in [2.05, 4.69) is 63.7 Å². The van der Waals surface area contributed by atoms with Gasteiger partial charge in [0.25, 0.3) is 0 Å². The molecule has 2 saturated heterocycles. The van der Waals surface area contributed by atoms with Crippen LogP contribution in [-0.2, 0) is 0 Å². The van der Waals surface area contributed by atoms with Crippen LogP contribution < -0.4 is 10.2 Å². The highest BCUT2D eigenvalue weighted by molar-refractivity contribution is 5.60. The standard InChI is InChI=1S/C16H18N4/c1-11-3-2-4-12(7-11)14-5-6-16(19-18-14)20-9-13-8-17-15(13)10-20/h2-7,13,15,17H,8-10H2,1H3. The van der Waals surface area contributed by atoms with Gasteiger partial charge in [0.1, 0.15) is 0 Å². The van der Waals surface area contributed by atoms with E-state index in [-0.39, 0.29) is 0 Å². The van der Waals surface area contributed by atoms with E-state index in [1.54, 1.807) is 0 Å². The van der Waals surface area contributed by atoms with Gasteiger partial charge >= 0.3 is 0 Å². The first-order chi connectivity index (χ1) is 9.79. The van der Waals surface area contributed by atoms with E-state index in [1.807, 2.05) is 0 Å². The third-order valence-electron chi connectivity index (χ3n) is 4.37. The van der Waals surface area contributed by atoms with Gasteiger partial charge < -0.3 is 10.2 Å². The predicted octanol–water partition coefficient (Wildman–Crippen LogP) is 1.86. The van der Waals surface area contributed by atoms with Crippen molar-refractivity contribution in [2.24, 2.45) is 5.92 Å². The van der Waals surface area contributed by atoms with Gasteiger partial charge in [0.15, 0.2) is 5.82 Å². The van der Waals surface area contributed by atoms with Gasteiger partial charge in [-0.1, -0.05) is 23.8 Å². The molecule has 0 aliphatic carbocycles. The van der Waals surface area contributed by atoms with Crippen molar-refractivity contribution in [2.45, 2.75) is 13.0 Å². The van der Waals surface area contributed by atoms with Crippen LogP contribution in [0.5, 0.6) is 0 Å². The monoisotopic (exact) mass is 266 g/mol. The van der Waals surface area contributed by atoms with Crippen LogP contribution in [0.15, 0.2) is 36.4 Å². The van der Waals surface area contributed by atoms with E-state index < -0.39 is 0 Å². The number of aryl methyl sites for hydroxylation is 1. The molecule has 1 N–H and O–H groups in total. The van der Waals surface area contributed by atoms with E-state index in [0.717, 1.165) is 42.6 Å². The average Bonchev–Trinajstić information content (AvgIpc) is 2.75. The van der Waals surface area contributed by atoms with Gasteiger partial charge in [0.2, 0.25) is 0 Å². The molecule has 0 spiro atoms. The highest BCUT2D eigenvalue weighted by atomic mass is 15.3. The Morgan fingerprint density at radius 2 is 2.10 bits per heavy atom. The summed E-state index contributed by atoms with van der Waals surface area (Å²) in [4.78, 5) is 2.34. The maximum absolute atomic E-state index is 4.41. The molecule has 2 aromatic rings. The maximum atomic E-state index is 4.41. The number of anilines is 1. The molecule has 3 heterocycles. The fourth-order valence-corrected chi connectivity index (χ4v) is 3.09. The Labute approximate surface area is 118 Å². The number of hydrogen-bond donors (Lipinski definition) is 1. The van der Waals surface area contributed by atoms with Crippen molar-refractivity contribution in [1.29, 1.82) is 0 Å². The predicted molar refractivity (Wildman–Crippen MR) is 79.7 cm³/mol. The number of nitrogens with zero attached hydrogens (tertiary/aromatic N) is 3. The summed E-state index contributed by atoms with van der Waals surface area (Å²) < 4.78 is 0. The second-order valence-corrected chi connectivity index (χ2v) is 5.83. The quantitative estimate of drug-likeness (QED) is 0.901. The molecule has 0 amide bonds. The number of aromatic nitrogens is 2. The molecular weight excluding hydrogens is 248 g/mol. The molecule has 0 radical (unpaired) electrons. The Balaban J connectivity index is 1.57. The molecule has 4 nitrogen and oxygen atoms in total. The van der Waals surface area contributed by atoms with Crippen molar-refractivity contribution < 1.29 is 0 Å². The molecular formula is C16H18N4. The zero-order valence-corrected chi connectivity index (χ0v) is 11.6. The molecule has 2 atom stereocenters. The summed E-state index contributed by atoms with van der Waals surface area (Å²) in [5.74, 6) is 1.80. The summed E-state index contributed by atoms with van der Waals surface area (Å²) in [6.07, 6.45) is 0. The van der Waals surface area contributed by atoms with Gasteiger partial charge in [-0.25, -0.2) is 0 Å². The minimum absolute atomic E-state index is 0.660. The van der Waals surface area contributed by atoms with Crippen LogP contribution in [0.4, 0.5) is 5.82 Å². The van der Waals surface area contributed by atoms with Crippen LogP contribution in [0.2, 0.25) is 0 Å². The lowest BCUT2D eigenvalue weighted by molar-refractivity contribution is 0.297. The molecule has 102 valence electrons. The first kappa shape index (κ1) is 11.9. The Hall–Kier alpha value is -1.94. The molecule has 2 unspecified atom stereocenters. The minimum Gasteiger partial charge on any atom is -0.353 e. The second-order valence-electron chi connectivity index (χ2n) is 5.83. The third kappa shape index (κ3) is 1.96. The van der Waals surface area contributed by atoms with Crippen molar-refractivity contribution in [3.63, 3.8) is 0 Å². The summed E-state index contributed by atoms with van der Waals surface area (Å²) in [7, 11) is 0. The number of hydrogen-bond acceptors (Lipinski definition) is 4. The summed E-state index contributed by atoms with van der Waals surface area (Å²) in [6.45, 7) is 5.41. The number of benzene rings is 1. The van der Waals surface area contributed by atoms with Gasteiger partial charge in [-0.15, -0.1) is 10.2 Å². The fraction of sp³-hybridized carbons (Fsp3) is 0.375. The van der Waals surface area contributed by atoms with Crippen molar-refractivity contribution in [1.82, 2.24) is 15.5 Å². The molecule has 20 heavy (non-hydrogen) atoms. The molecule has 0 bridgehead atoms. The van der Waals surface area contributed by atoms with Crippen molar-refractivity contribution in [3.8, 4) is 11.3 Å². The summed E-state index contributed by atoms with van der Waals surface area (Å²) in [5.41, 5.74) is 3.32. The SMILES string of the molecule is Cc1cccc(-c2ccc(N3CC4CNC4C3)nn2)c1. The molecule has 0 saturated carbocycles. The van der Waals surface area contributed by atoms with Crippen molar-refractivity contribution >= 4 is 5.82 Å². The Morgan fingerprint density at radius 3 is 2.70 bits per heavy atom. The molecule has 1 aromatic carbocycles. The average molecular weight is 266 g/mol. The lowest BCUT2D eigenvalue weighted by Gasteiger charge is -2.29. The smallest absolute Gasteiger partial charge is 0.151 e. The van der Waals surface area contributed by atoms with E-state index in [9.17, 15) is 0 Å². The van der Waals surface area contributed by atoms with Gasteiger partial charge in [0, 0.05) is 37.2 Å². The zero-order valence-electron chi connectivity index (χ0n) is 11.6. The summed E-state index contributed by atoms with van der Waals surface area (Å²) in [5, 5.41) is 12.3. The van der Waals surface area contributed by atoms with Gasteiger partial charge in [0.05, 0.1) is 5.69 Å². The second kappa shape index (κ2) is 4.56. The molecule has 2 aliphatic heterocycles. The zero-order chi connectivity index (χ0) is 13.5. The Bertz CT molecular complexity index is 611. The largest absolute Gasteiger partial charge is 0.353 e. The first-order valence-corrected chi connectivity index (χ1v) is 7.19. The number of fused-ring (bicyclic) bond motifs is 1. The highest BCUT2D eigenvalue weighted by Crippen LogP contribution is 2.27. The summed E-state index contributed by atoms with van der Waals surface area (Å²) >= 11 is 0. The van der Waals surface area contributed by atoms with E-state index >= 15 is 0 Å². The Morgan fingerprint density at radius 1 is 1.15 bits per heavy atom. The molecule has 2 fully saturated rings. The molecule has 4 heteroatoms. The fourth-order valence-electron chi connectivity index (χ4n) is 3.09. The topological polar surface area (TPSA) is 41.0 Å². The van der Waals surface area contributed by atoms with Crippen LogP contribution in [0.3, 0.4) is 0 Å². The normalized spacial score (nSPS) is 24.4. The third-order valence-corrected chi connectivity index (χ3v) is 4.37. The van der Waals surface area contributed by atoms with Gasteiger partial charge in [-0.3, -0.25) is 0 Å². The molecule has 4 rings (SSSR count). The lowest BCUT2D eigenvalue weighted by Crippen LogP contribution is -2.51. The van der Waals surface area contributed by atoms with Crippen molar-refractivity contribution in [2.75, 3.05) is 24.5 Å². The van der Waals surface area contributed by atoms with E-state index in [1.165, 1.54) is 5.56 Å². The van der Waals surface area contributed by atoms with Crippen LogP contribution >= 0.6 is 0 Å². The van der Waals surface area contributed by atoms with E-state index in [4.69, 9.17) is 0 Å². The van der Waals surface area contributed by atoms with Crippen LogP contribution in [0.25, 0.3) is 11.3 Å². The minimum atomic E-state index is 0.660. The highest BCUT2D eigenvalue weighted by Gasteiger charge is 2.39. The van der Waals surface area contributed by atoms with Crippen LogP contribution in [0, 0.1) is 12.8 Å². The molecule has 1 aromatic heterocycles. The van der Waals surface area contributed by atoms with Gasteiger partial charge in [-0.05, 0) is 25.1 Å². The molecule has 2 aliphatic rings.